The van der Waals surface area contributed by atoms with Crippen LogP contribution in [0.15, 0.2) is 46.4 Å². The maximum Gasteiger partial charge on any atom is 0.303 e. The fourth-order valence-electron chi connectivity index (χ4n) is 1.85. The van der Waals surface area contributed by atoms with Gasteiger partial charge >= 0.3 is 5.97 Å². The molecule has 4 nitrogen and oxygen atoms in total. The summed E-state index contributed by atoms with van der Waals surface area (Å²) in [6.07, 6.45) is 2.21. The van der Waals surface area contributed by atoms with Crippen LogP contribution in [0, 0.1) is 0 Å². The van der Waals surface area contributed by atoms with Gasteiger partial charge in [0.2, 0.25) is 0 Å². The minimum absolute atomic E-state index is 0.0466. The highest BCUT2D eigenvalue weighted by molar-refractivity contribution is 7.98. The molecule has 1 aromatic heterocycles. The van der Waals surface area contributed by atoms with Crippen LogP contribution in [0.1, 0.15) is 17.7 Å². The van der Waals surface area contributed by atoms with Crippen molar-refractivity contribution in [3.63, 3.8) is 0 Å². The quantitative estimate of drug-likeness (QED) is 0.362. The van der Waals surface area contributed by atoms with Crippen molar-refractivity contribution in [1.82, 2.24) is 0 Å². The predicted octanol–water partition coefficient (Wildman–Crippen LogP) is 4.18. The minimum atomic E-state index is -0.902. The minimum Gasteiger partial charge on any atom is -0.481 e. The SMILES string of the molecule is CSc1ccc(-c2ccc(C(CCC(=O)O)=NO)s2)cc1. The monoisotopic (exact) mass is 321 g/mol. The number of hydrogen-bond acceptors (Lipinski definition) is 5. The number of rotatable bonds is 6. The number of aliphatic carboxylic acids is 1. The van der Waals surface area contributed by atoms with Gasteiger partial charge in [0, 0.05) is 16.2 Å². The Kier molecular flexibility index (Phi) is 5.41. The van der Waals surface area contributed by atoms with E-state index in [1.54, 1.807) is 11.8 Å². The zero-order valence-electron chi connectivity index (χ0n) is 11.4. The second-order valence-electron chi connectivity index (χ2n) is 4.33. The maximum absolute atomic E-state index is 10.6. The molecule has 0 unspecified atom stereocenters. The van der Waals surface area contributed by atoms with Gasteiger partial charge in [0.1, 0.15) is 0 Å². The Hall–Kier alpha value is -1.79. The normalized spacial score (nSPS) is 11.6. The first-order valence-electron chi connectivity index (χ1n) is 6.31. The summed E-state index contributed by atoms with van der Waals surface area (Å²) in [5.74, 6) is -0.902. The number of carbonyl (C=O) groups is 1. The molecule has 0 saturated carbocycles. The van der Waals surface area contributed by atoms with Gasteiger partial charge < -0.3 is 10.3 Å². The van der Waals surface area contributed by atoms with Crippen molar-refractivity contribution in [3.05, 3.63) is 41.3 Å². The van der Waals surface area contributed by atoms with Gasteiger partial charge in [0.15, 0.2) is 0 Å². The van der Waals surface area contributed by atoms with E-state index in [0.29, 0.717) is 5.71 Å². The van der Waals surface area contributed by atoms with E-state index >= 15 is 0 Å². The molecular formula is C15H15NO3S2. The van der Waals surface area contributed by atoms with Crippen LogP contribution >= 0.6 is 23.1 Å². The fraction of sp³-hybridized carbons (Fsp3) is 0.200. The summed E-state index contributed by atoms with van der Waals surface area (Å²) in [4.78, 5) is 13.7. The molecule has 0 fully saturated rings. The molecule has 0 amide bonds. The third kappa shape index (κ3) is 4.09. The Bertz CT molecular complexity index is 647. The van der Waals surface area contributed by atoms with Crippen LogP contribution in [0.4, 0.5) is 0 Å². The lowest BCUT2D eigenvalue weighted by molar-refractivity contribution is -0.136. The van der Waals surface area contributed by atoms with Crippen molar-refractivity contribution in [2.45, 2.75) is 17.7 Å². The Morgan fingerprint density at radius 2 is 1.90 bits per heavy atom. The van der Waals surface area contributed by atoms with E-state index in [0.717, 1.165) is 15.3 Å². The molecule has 1 heterocycles. The number of hydrogen-bond donors (Lipinski definition) is 2. The third-order valence-electron chi connectivity index (χ3n) is 2.96. The number of carboxylic acid groups (broad SMARTS) is 1. The van der Waals surface area contributed by atoms with E-state index in [4.69, 9.17) is 10.3 Å². The van der Waals surface area contributed by atoms with Crippen LogP contribution in [0.5, 0.6) is 0 Å². The van der Waals surface area contributed by atoms with Crippen LogP contribution in [0.3, 0.4) is 0 Å². The van der Waals surface area contributed by atoms with Crippen molar-refractivity contribution in [3.8, 4) is 10.4 Å². The second kappa shape index (κ2) is 7.28. The molecule has 21 heavy (non-hydrogen) atoms. The lowest BCUT2D eigenvalue weighted by atomic mass is 10.1. The fourth-order valence-corrected chi connectivity index (χ4v) is 3.28. The predicted molar refractivity (Wildman–Crippen MR) is 86.7 cm³/mol. The van der Waals surface area contributed by atoms with E-state index in [2.05, 4.69) is 29.4 Å². The van der Waals surface area contributed by atoms with Gasteiger partial charge in [-0.2, -0.15) is 0 Å². The zero-order valence-corrected chi connectivity index (χ0v) is 13.1. The largest absolute Gasteiger partial charge is 0.481 e. The van der Waals surface area contributed by atoms with E-state index in [-0.39, 0.29) is 12.8 Å². The first kappa shape index (κ1) is 15.6. The molecule has 0 spiro atoms. The molecule has 0 atom stereocenters. The van der Waals surface area contributed by atoms with Crippen molar-refractivity contribution < 1.29 is 15.1 Å². The number of oxime groups is 1. The van der Waals surface area contributed by atoms with Crippen LogP contribution in [0.2, 0.25) is 0 Å². The summed E-state index contributed by atoms with van der Waals surface area (Å²) in [5.41, 5.74) is 1.51. The van der Waals surface area contributed by atoms with E-state index < -0.39 is 5.97 Å². The van der Waals surface area contributed by atoms with Crippen LogP contribution < -0.4 is 0 Å². The molecular weight excluding hydrogens is 306 g/mol. The van der Waals surface area contributed by atoms with Gasteiger partial charge in [-0.25, -0.2) is 0 Å². The summed E-state index contributed by atoms with van der Waals surface area (Å²) in [6.45, 7) is 0. The summed E-state index contributed by atoms with van der Waals surface area (Å²) >= 11 is 3.18. The lowest BCUT2D eigenvalue weighted by Crippen LogP contribution is -2.03. The van der Waals surface area contributed by atoms with Crippen molar-refractivity contribution in [2.24, 2.45) is 5.16 Å². The highest BCUT2D eigenvalue weighted by Crippen LogP contribution is 2.30. The Morgan fingerprint density at radius 3 is 2.48 bits per heavy atom. The molecule has 110 valence electrons. The Balaban J connectivity index is 2.17. The first-order chi connectivity index (χ1) is 10.1. The topological polar surface area (TPSA) is 69.9 Å². The third-order valence-corrected chi connectivity index (χ3v) is 4.89. The molecule has 2 rings (SSSR count). The van der Waals surface area contributed by atoms with Crippen molar-refractivity contribution in [2.75, 3.05) is 6.26 Å². The summed E-state index contributed by atoms with van der Waals surface area (Å²) in [7, 11) is 0. The molecule has 2 aromatic rings. The van der Waals surface area contributed by atoms with Crippen molar-refractivity contribution in [1.29, 1.82) is 0 Å². The summed E-state index contributed by atoms with van der Waals surface area (Å²) < 4.78 is 0. The van der Waals surface area contributed by atoms with Gasteiger partial charge in [0.25, 0.3) is 0 Å². The average molecular weight is 321 g/mol. The summed E-state index contributed by atoms with van der Waals surface area (Å²) in [5, 5.41) is 21.0. The standard InChI is InChI=1S/C15H15NO3S2/c1-20-11-4-2-10(3-5-11)13-7-8-14(21-13)12(16-19)6-9-15(17)18/h2-5,7-8,19H,6,9H2,1H3,(H,17,18). The number of thiophene rings is 1. The van der Waals surface area contributed by atoms with Gasteiger partial charge in [0.05, 0.1) is 17.0 Å². The van der Waals surface area contributed by atoms with Crippen molar-refractivity contribution >= 4 is 34.8 Å². The Labute approximate surface area is 131 Å². The summed E-state index contributed by atoms with van der Waals surface area (Å²) in [6, 6.07) is 12.0. The molecule has 0 bridgehead atoms. The molecule has 0 saturated heterocycles. The zero-order chi connectivity index (χ0) is 15.2. The van der Waals surface area contributed by atoms with Crippen LogP contribution in [0.25, 0.3) is 10.4 Å². The van der Waals surface area contributed by atoms with Gasteiger partial charge in [-0.15, -0.1) is 23.1 Å². The average Bonchev–Trinajstić information content (AvgIpc) is 2.97. The molecule has 0 aliphatic heterocycles. The van der Waals surface area contributed by atoms with E-state index in [1.807, 2.05) is 18.4 Å². The molecule has 0 radical (unpaired) electrons. The second-order valence-corrected chi connectivity index (χ2v) is 6.30. The van der Waals surface area contributed by atoms with Crippen LogP contribution in [-0.2, 0) is 4.79 Å². The number of nitrogens with zero attached hydrogens (tertiary/aromatic N) is 1. The van der Waals surface area contributed by atoms with Gasteiger partial charge in [-0.3, -0.25) is 4.79 Å². The van der Waals surface area contributed by atoms with Gasteiger partial charge in [-0.1, -0.05) is 17.3 Å². The lowest BCUT2D eigenvalue weighted by Gasteiger charge is -2.00. The molecule has 0 aliphatic rings. The maximum atomic E-state index is 10.6. The van der Waals surface area contributed by atoms with E-state index in [1.165, 1.54) is 16.2 Å². The highest BCUT2D eigenvalue weighted by Gasteiger charge is 2.11. The Morgan fingerprint density at radius 1 is 1.19 bits per heavy atom. The highest BCUT2D eigenvalue weighted by atomic mass is 32.2. The molecule has 6 heteroatoms. The van der Waals surface area contributed by atoms with E-state index in [9.17, 15) is 4.79 Å². The van der Waals surface area contributed by atoms with Crippen LogP contribution in [-0.4, -0.2) is 28.3 Å². The smallest absolute Gasteiger partial charge is 0.303 e. The molecule has 2 N–H and O–H groups in total. The first-order valence-corrected chi connectivity index (χ1v) is 8.35. The van der Waals surface area contributed by atoms with Gasteiger partial charge in [-0.05, 0) is 36.1 Å². The molecule has 0 aliphatic carbocycles. The number of carboxylic acids is 1. The number of benzene rings is 1. The molecule has 1 aromatic carbocycles. The number of thioether (sulfide) groups is 1.